The van der Waals surface area contributed by atoms with Crippen LogP contribution in [0.25, 0.3) is 11.8 Å². The maximum Gasteiger partial charge on any atom is 0.293 e. The lowest BCUT2D eigenvalue weighted by atomic mass is 10.2. The molecule has 196 valence electrons. The molecule has 1 aromatic heterocycles. The zero-order chi connectivity index (χ0) is 27.5. The molecule has 4 aromatic rings. The van der Waals surface area contributed by atoms with Crippen molar-refractivity contribution in [1.29, 1.82) is 0 Å². The third-order valence-electron chi connectivity index (χ3n) is 5.59. The van der Waals surface area contributed by atoms with E-state index in [2.05, 4.69) is 32.9 Å². The first-order valence-electron chi connectivity index (χ1n) is 11.3. The van der Waals surface area contributed by atoms with E-state index in [9.17, 15) is 19.7 Å². The highest BCUT2D eigenvalue weighted by molar-refractivity contribution is 14.1. The topological polar surface area (TPSA) is 130 Å². The Hall–Kier alpha value is -4.24. The number of nitro groups is 1. The maximum atomic E-state index is 13.0. The molecule has 2 heterocycles. The van der Waals surface area contributed by atoms with Gasteiger partial charge in [-0.15, -0.1) is 5.10 Å². The standard InChI is InChI=1S/C26H18IN5O6S/c1-37-23-12-16(2-11-22(23)38-21-9-7-20(8-10-21)32(35)36)13-24-25(33)30(26(34)39-24)14-18-15-31(29-28-18)19-5-3-17(27)4-6-19/h2-13,15H,14H2,1H3/b24-13-. The number of halogens is 1. The molecule has 1 saturated heterocycles. The van der Waals surface area contributed by atoms with Crippen molar-refractivity contribution in [2.24, 2.45) is 0 Å². The fourth-order valence-electron chi connectivity index (χ4n) is 3.66. The van der Waals surface area contributed by atoms with Crippen LogP contribution in [-0.2, 0) is 11.3 Å². The van der Waals surface area contributed by atoms with Gasteiger partial charge in [-0.2, -0.15) is 0 Å². The zero-order valence-electron chi connectivity index (χ0n) is 20.2. The van der Waals surface area contributed by atoms with Crippen molar-refractivity contribution in [2.45, 2.75) is 6.54 Å². The number of ether oxygens (including phenoxy) is 2. The highest BCUT2D eigenvalue weighted by Crippen LogP contribution is 2.36. The summed E-state index contributed by atoms with van der Waals surface area (Å²) in [4.78, 5) is 37.4. The number of imide groups is 1. The number of aromatic nitrogens is 3. The quantitative estimate of drug-likeness (QED) is 0.0999. The number of methoxy groups -OCH3 is 1. The molecule has 0 N–H and O–H groups in total. The van der Waals surface area contributed by atoms with E-state index in [1.54, 1.807) is 35.2 Å². The lowest BCUT2D eigenvalue weighted by molar-refractivity contribution is -0.384. The van der Waals surface area contributed by atoms with Crippen LogP contribution in [0.1, 0.15) is 11.3 Å². The van der Waals surface area contributed by atoms with Gasteiger partial charge in [-0.3, -0.25) is 24.6 Å². The van der Waals surface area contributed by atoms with Crippen molar-refractivity contribution < 1.29 is 24.0 Å². The van der Waals surface area contributed by atoms with Crippen molar-refractivity contribution in [3.8, 4) is 22.9 Å². The molecule has 1 aliphatic rings. The summed E-state index contributed by atoms with van der Waals surface area (Å²) in [5, 5.41) is 18.7. The minimum Gasteiger partial charge on any atom is -0.493 e. The van der Waals surface area contributed by atoms with Gasteiger partial charge in [0, 0.05) is 15.7 Å². The van der Waals surface area contributed by atoms with Gasteiger partial charge in [0.25, 0.3) is 16.8 Å². The normalized spacial score (nSPS) is 14.2. The molecule has 0 radical (unpaired) electrons. The van der Waals surface area contributed by atoms with Gasteiger partial charge in [-0.1, -0.05) is 11.3 Å². The maximum absolute atomic E-state index is 13.0. The fraction of sp³-hybridized carbons (Fsp3) is 0.0769. The van der Waals surface area contributed by atoms with E-state index >= 15 is 0 Å². The first-order valence-corrected chi connectivity index (χ1v) is 13.2. The first kappa shape index (κ1) is 26.4. The summed E-state index contributed by atoms with van der Waals surface area (Å²) in [5.74, 6) is 0.729. The molecule has 0 saturated carbocycles. The average molecular weight is 655 g/mol. The second kappa shape index (κ2) is 11.2. The number of carbonyl (C=O) groups is 2. The molecule has 0 spiro atoms. The summed E-state index contributed by atoms with van der Waals surface area (Å²) in [6.45, 7) is -0.00227. The molecule has 0 atom stereocenters. The van der Waals surface area contributed by atoms with Gasteiger partial charge < -0.3 is 9.47 Å². The molecule has 39 heavy (non-hydrogen) atoms. The van der Waals surface area contributed by atoms with Crippen LogP contribution in [0.5, 0.6) is 17.2 Å². The molecule has 0 unspecified atom stereocenters. The minimum absolute atomic E-state index is 0.00227. The van der Waals surface area contributed by atoms with Crippen LogP contribution in [0.4, 0.5) is 10.5 Å². The summed E-state index contributed by atoms with van der Waals surface area (Å²) >= 11 is 3.05. The summed E-state index contributed by atoms with van der Waals surface area (Å²) in [6, 6.07) is 18.4. The van der Waals surface area contributed by atoms with Gasteiger partial charge in [0.05, 0.1) is 35.4 Å². The number of hydrogen-bond donors (Lipinski definition) is 0. The van der Waals surface area contributed by atoms with Crippen molar-refractivity contribution in [3.05, 3.63) is 103 Å². The predicted molar refractivity (Wildman–Crippen MR) is 152 cm³/mol. The molecule has 11 nitrogen and oxygen atoms in total. The zero-order valence-corrected chi connectivity index (χ0v) is 23.2. The Labute approximate surface area is 239 Å². The van der Waals surface area contributed by atoms with E-state index in [1.165, 1.54) is 31.4 Å². The van der Waals surface area contributed by atoms with Crippen LogP contribution in [0.3, 0.4) is 0 Å². The Balaban J connectivity index is 1.29. The smallest absolute Gasteiger partial charge is 0.293 e. The molecule has 13 heteroatoms. The third-order valence-corrected chi connectivity index (χ3v) is 7.21. The number of hydrogen-bond acceptors (Lipinski definition) is 9. The lowest BCUT2D eigenvalue weighted by Gasteiger charge is -2.11. The van der Waals surface area contributed by atoms with Crippen molar-refractivity contribution in [1.82, 2.24) is 19.9 Å². The number of thioether (sulfide) groups is 1. The number of carbonyl (C=O) groups excluding carboxylic acids is 2. The molecule has 0 aliphatic carbocycles. The number of benzene rings is 3. The molecule has 2 amide bonds. The van der Waals surface area contributed by atoms with Crippen LogP contribution in [0.2, 0.25) is 0 Å². The summed E-state index contributed by atoms with van der Waals surface area (Å²) < 4.78 is 13.9. The predicted octanol–water partition coefficient (Wildman–Crippen LogP) is 5.82. The van der Waals surface area contributed by atoms with Crippen LogP contribution in [0, 0.1) is 13.7 Å². The van der Waals surface area contributed by atoms with Gasteiger partial charge in [0.1, 0.15) is 11.4 Å². The van der Waals surface area contributed by atoms with E-state index in [0.717, 1.165) is 25.9 Å². The summed E-state index contributed by atoms with van der Waals surface area (Å²) in [7, 11) is 1.47. The van der Waals surface area contributed by atoms with Crippen molar-refractivity contribution >= 4 is 57.3 Å². The number of rotatable bonds is 8. The SMILES string of the molecule is COc1cc(/C=C2\SC(=O)N(Cc3cn(-c4ccc(I)cc4)nn3)C2=O)ccc1Oc1ccc([N+](=O)[O-])cc1. The van der Waals surface area contributed by atoms with Crippen LogP contribution < -0.4 is 9.47 Å². The summed E-state index contributed by atoms with van der Waals surface area (Å²) in [6.07, 6.45) is 3.29. The van der Waals surface area contributed by atoms with Gasteiger partial charge in [0.15, 0.2) is 11.5 Å². The Morgan fingerprint density at radius 3 is 2.49 bits per heavy atom. The van der Waals surface area contributed by atoms with Crippen LogP contribution >= 0.6 is 34.4 Å². The second-order valence-corrected chi connectivity index (χ2v) is 10.4. The number of non-ortho nitro benzene ring substituents is 1. The lowest BCUT2D eigenvalue weighted by Crippen LogP contribution is -2.27. The molecular weight excluding hydrogens is 637 g/mol. The van der Waals surface area contributed by atoms with Gasteiger partial charge >= 0.3 is 0 Å². The van der Waals surface area contributed by atoms with Crippen molar-refractivity contribution in [3.63, 3.8) is 0 Å². The van der Waals surface area contributed by atoms with Gasteiger partial charge in [-0.25, -0.2) is 4.68 Å². The summed E-state index contributed by atoms with van der Waals surface area (Å²) in [5.41, 5.74) is 1.87. The molecule has 5 rings (SSSR count). The van der Waals surface area contributed by atoms with Crippen LogP contribution in [-0.4, -0.2) is 43.1 Å². The first-order chi connectivity index (χ1) is 18.8. The van der Waals surface area contributed by atoms with E-state index in [1.807, 2.05) is 24.3 Å². The van der Waals surface area contributed by atoms with E-state index < -0.39 is 16.1 Å². The van der Waals surface area contributed by atoms with Gasteiger partial charge in [0.2, 0.25) is 0 Å². The van der Waals surface area contributed by atoms with Gasteiger partial charge in [-0.05, 0) is 94.5 Å². The van der Waals surface area contributed by atoms with Crippen LogP contribution in [0.15, 0.2) is 77.8 Å². The minimum atomic E-state index is -0.491. The molecular formula is C26H18IN5O6S. The van der Waals surface area contributed by atoms with E-state index in [4.69, 9.17) is 9.47 Å². The molecule has 3 aromatic carbocycles. The average Bonchev–Trinajstić information content (AvgIpc) is 3.50. The Kier molecular flexibility index (Phi) is 7.60. The Morgan fingerprint density at radius 2 is 1.79 bits per heavy atom. The highest BCUT2D eigenvalue weighted by Gasteiger charge is 2.35. The Bertz CT molecular complexity index is 1600. The van der Waals surface area contributed by atoms with E-state index in [-0.39, 0.29) is 17.1 Å². The molecule has 1 aliphatic heterocycles. The largest absolute Gasteiger partial charge is 0.493 e. The van der Waals surface area contributed by atoms with Crippen molar-refractivity contribution in [2.75, 3.05) is 7.11 Å². The fourth-order valence-corrected chi connectivity index (χ4v) is 4.86. The molecule has 1 fully saturated rings. The second-order valence-electron chi connectivity index (χ2n) is 8.16. The Morgan fingerprint density at radius 1 is 1.05 bits per heavy atom. The highest BCUT2D eigenvalue weighted by atomic mass is 127. The molecule has 0 bridgehead atoms. The number of nitrogens with zero attached hydrogens (tertiary/aromatic N) is 5. The number of amides is 2. The third kappa shape index (κ3) is 5.93. The monoisotopic (exact) mass is 655 g/mol. The van der Waals surface area contributed by atoms with E-state index in [0.29, 0.717) is 28.5 Å². The number of nitro benzene ring substituents is 1.